The number of carbonyl (C=O) groups is 2. The first-order valence-electron chi connectivity index (χ1n) is 12.5. The van der Waals surface area contributed by atoms with Gasteiger partial charge in [0.1, 0.15) is 31.0 Å². The maximum Gasteiger partial charge on any atom is 0.335 e. The summed E-state index contributed by atoms with van der Waals surface area (Å²) >= 11 is 0. The highest BCUT2D eigenvalue weighted by atomic mass is 16.8. The van der Waals surface area contributed by atoms with Crippen LogP contribution in [0, 0.1) is 11.8 Å². The van der Waals surface area contributed by atoms with Gasteiger partial charge < -0.3 is 54.0 Å². The summed E-state index contributed by atoms with van der Waals surface area (Å²) in [6, 6.07) is 5.11. The molecule has 1 aromatic carbocycles. The molecule has 0 aromatic heterocycles. The molecule has 1 aromatic rings. The summed E-state index contributed by atoms with van der Waals surface area (Å²) in [5, 5.41) is 49.6. The van der Waals surface area contributed by atoms with Crippen LogP contribution in [0.25, 0.3) is 6.08 Å². The lowest BCUT2D eigenvalue weighted by molar-refractivity contribution is -0.339. The lowest BCUT2D eigenvalue weighted by Crippen LogP contribution is -2.60. The Bertz CT molecular complexity index is 1170. The second kappa shape index (κ2) is 12.8. The number of hydrogen-bond acceptors (Lipinski definition) is 12. The van der Waals surface area contributed by atoms with E-state index in [1.54, 1.807) is 24.3 Å². The van der Waals surface area contributed by atoms with Crippen molar-refractivity contribution in [2.24, 2.45) is 11.8 Å². The van der Waals surface area contributed by atoms with Gasteiger partial charge in [0.15, 0.2) is 17.8 Å². The molecule has 0 bridgehead atoms. The Balaban J connectivity index is 1.44. The molecule has 5 N–H and O–H groups in total. The van der Waals surface area contributed by atoms with Crippen LogP contribution in [0.2, 0.25) is 0 Å². The fraction of sp³-hybridized carbons (Fsp3) is 0.481. The maximum absolute atomic E-state index is 12.5. The number of fused-ring (bicyclic) bond motifs is 1. The van der Waals surface area contributed by atoms with Crippen LogP contribution in [0.5, 0.6) is 11.5 Å². The summed E-state index contributed by atoms with van der Waals surface area (Å²) in [7, 11) is 3.01. The smallest absolute Gasteiger partial charge is 0.335 e. The van der Waals surface area contributed by atoms with Crippen molar-refractivity contribution in [1.82, 2.24) is 0 Å². The van der Waals surface area contributed by atoms with Crippen LogP contribution in [0.3, 0.4) is 0 Å². The lowest BCUT2D eigenvalue weighted by atomic mass is 9.83. The van der Waals surface area contributed by atoms with Crippen molar-refractivity contribution in [2.45, 2.75) is 43.4 Å². The molecule has 1 aliphatic carbocycles. The van der Waals surface area contributed by atoms with Gasteiger partial charge in [0, 0.05) is 12.0 Å². The first-order chi connectivity index (χ1) is 19.2. The Morgan fingerprint density at radius 1 is 1.05 bits per heavy atom. The highest BCUT2D eigenvalue weighted by Gasteiger charge is 2.49. The Morgan fingerprint density at radius 2 is 1.80 bits per heavy atom. The molecule has 1 saturated heterocycles. The Kier molecular flexibility index (Phi) is 9.45. The number of aliphatic hydroxyl groups excluding tert-OH is 4. The summed E-state index contributed by atoms with van der Waals surface area (Å²) < 4.78 is 32.6. The molecule has 40 heavy (non-hydrogen) atoms. The second-order valence-electron chi connectivity index (χ2n) is 9.42. The molecule has 0 radical (unpaired) electrons. The molecule has 1 fully saturated rings. The third kappa shape index (κ3) is 6.14. The molecule has 4 rings (SSSR count). The van der Waals surface area contributed by atoms with Crippen molar-refractivity contribution in [3.63, 3.8) is 0 Å². The molecule has 2 heterocycles. The summed E-state index contributed by atoms with van der Waals surface area (Å²) in [6.45, 7) is -0.843. The highest BCUT2D eigenvalue weighted by molar-refractivity contribution is 5.88. The number of benzene rings is 1. The zero-order chi connectivity index (χ0) is 29.0. The van der Waals surface area contributed by atoms with E-state index in [1.807, 2.05) is 0 Å². The van der Waals surface area contributed by atoms with Crippen molar-refractivity contribution in [1.29, 1.82) is 0 Å². The van der Waals surface area contributed by atoms with E-state index in [9.17, 15) is 35.1 Å². The van der Waals surface area contributed by atoms with Gasteiger partial charge in [-0.25, -0.2) is 9.59 Å². The topological polar surface area (TPSA) is 191 Å². The minimum atomic E-state index is -1.68. The Morgan fingerprint density at radius 3 is 2.48 bits per heavy atom. The molecule has 0 saturated carbocycles. The number of aliphatic carboxylic acids is 1. The third-order valence-electron chi connectivity index (χ3n) is 7.08. The van der Waals surface area contributed by atoms with Crippen molar-refractivity contribution in [2.75, 3.05) is 27.4 Å². The molecular formula is C27H32O13. The van der Waals surface area contributed by atoms with Gasteiger partial charge in [0.25, 0.3) is 0 Å². The molecule has 2 aliphatic heterocycles. The zero-order valence-electron chi connectivity index (χ0n) is 21.8. The molecule has 0 spiro atoms. The van der Waals surface area contributed by atoms with Crippen LogP contribution in [0.1, 0.15) is 12.0 Å². The van der Waals surface area contributed by atoms with Crippen molar-refractivity contribution >= 4 is 18.0 Å². The summed E-state index contributed by atoms with van der Waals surface area (Å²) in [6.07, 6.45) is -2.98. The van der Waals surface area contributed by atoms with Crippen LogP contribution in [0.4, 0.5) is 0 Å². The number of carboxylic acid groups (broad SMARTS) is 1. The third-order valence-corrected chi connectivity index (χ3v) is 7.08. The number of allylic oxidation sites excluding steroid dienone is 1. The Labute approximate surface area is 229 Å². The molecule has 13 nitrogen and oxygen atoms in total. The van der Waals surface area contributed by atoms with Gasteiger partial charge in [-0.15, -0.1) is 0 Å². The molecule has 8 atom stereocenters. The molecule has 3 aliphatic rings. The molecular weight excluding hydrogens is 532 g/mol. The van der Waals surface area contributed by atoms with E-state index in [2.05, 4.69) is 0 Å². The molecule has 0 amide bonds. The lowest BCUT2D eigenvalue weighted by Gasteiger charge is -2.42. The van der Waals surface area contributed by atoms with E-state index in [-0.39, 0.29) is 12.2 Å². The number of carbonyl (C=O) groups excluding carboxylic acids is 1. The number of esters is 1. The number of methoxy groups -OCH3 is 2. The quantitative estimate of drug-likeness (QED) is 0.145. The van der Waals surface area contributed by atoms with Crippen molar-refractivity contribution < 1.29 is 63.5 Å². The molecule has 0 unspecified atom stereocenters. The van der Waals surface area contributed by atoms with Crippen LogP contribution >= 0.6 is 0 Å². The van der Waals surface area contributed by atoms with E-state index in [1.165, 1.54) is 26.4 Å². The number of aliphatic hydroxyl groups is 4. The molecule has 13 heteroatoms. The van der Waals surface area contributed by atoms with E-state index >= 15 is 0 Å². The van der Waals surface area contributed by atoms with Gasteiger partial charge in [0.05, 0.1) is 38.6 Å². The van der Waals surface area contributed by atoms with E-state index < -0.39 is 67.4 Å². The predicted molar refractivity (Wildman–Crippen MR) is 135 cm³/mol. The van der Waals surface area contributed by atoms with Gasteiger partial charge in [-0.1, -0.05) is 12.1 Å². The number of rotatable bonds is 10. The number of ether oxygens (including phenoxy) is 6. The fourth-order valence-electron chi connectivity index (χ4n) is 4.93. The van der Waals surface area contributed by atoms with Crippen LogP contribution in [-0.2, 0) is 28.5 Å². The van der Waals surface area contributed by atoms with Gasteiger partial charge in [0.2, 0.25) is 6.29 Å². The zero-order valence-corrected chi connectivity index (χ0v) is 21.8. The van der Waals surface area contributed by atoms with Gasteiger partial charge in [-0.2, -0.15) is 0 Å². The second-order valence-corrected chi connectivity index (χ2v) is 9.42. The number of hydrogen-bond donors (Lipinski definition) is 5. The average Bonchev–Trinajstić information content (AvgIpc) is 3.39. The normalized spacial score (nSPS) is 31.6. The fourth-order valence-corrected chi connectivity index (χ4v) is 4.93. The largest absolute Gasteiger partial charge is 0.493 e. The van der Waals surface area contributed by atoms with E-state index in [0.717, 1.165) is 6.26 Å². The predicted octanol–water partition coefficient (Wildman–Crippen LogP) is -0.0360. The summed E-state index contributed by atoms with van der Waals surface area (Å²) in [5.41, 5.74) is 1.18. The summed E-state index contributed by atoms with van der Waals surface area (Å²) in [4.78, 5) is 24.3. The molecule has 218 valence electrons. The van der Waals surface area contributed by atoms with E-state index in [4.69, 9.17) is 28.4 Å². The van der Waals surface area contributed by atoms with Gasteiger partial charge in [-0.3, -0.25) is 0 Å². The van der Waals surface area contributed by atoms with Crippen LogP contribution in [0.15, 0.2) is 47.8 Å². The minimum absolute atomic E-state index is 0.00965. The van der Waals surface area contributed by atoms with Gasteiger partial charge >= 0.3 is 11.9 Å². The summed E-state index contributed by atoms with van der Waals surface area (Å²) in [5.74, 6) is -2.13. The van der Waals surface area contributed by atoms with Gasteiger partial charge in [-0.05, 0) is 35.8 Å². The first-order valence-corrected chi connectivity index (χ1v) is 12.5. The van der Waals surface area contributed by atoms with Crippen molar-refractivity contribution in [3.8, 4) is 11.5 Å². The maximum atomic E-state index is 12.5. The van der Waals surface area contributed by atoms with Crippen LogP contribution < -0.4 is 9.47 Å². The monoisotopic (exact) mass is 564 g/mol. The highest BCUT2D eigenvalue weighted by Crippen LogP contribution is 2.44. The average molecular weight is 565 g/mol. The minimum Gasteiger partial charge on any atom is -0.493 e. The number of carboxylic acids is 1. The Hall–Kier alpha value is -3.46. The first kappa shape index (κ1) is 29.5. The SMILES string of the molecule is COc1ccc(/C=C/C(=O)OCC2=CC[C@H]3C(C(=O)O)=CO[C@H](O[C@@H]4O[C@H](CO)[C@@H](O)[C@H](O)[C@H]4O)[C@@H]23)cc1OC. The van der Waals surface area contributed by atoms with E-state index in [0.29, 0.717) is 29.1 Å². The standard InChI is InChI=1S/C27H32O13/c1-35-17-7-3-13(9-18(17)36-2)4-8-20(29)37-11-14-5-6-15-16(25(33)34)12-38-26(21(14)15)40-27-24(32)23(31)22(30)19(10-28)39-27/h3-5,7-9,12,15,19,21-24,26-28,30-32H,6,10-11H2,1-2H3,(H,33,34)/b8-4+/t15-,19+,21-,22+,23-,24+,26+,27-/m0/s1. The van der Waals surface area contributed by atoms with Crippen LogP contribution in [-0.4, -0.2) is 102 Å². The van der Waals surface area contributed by atoms with Crippen molar-refractivity contribution in [3.05, 3.63) is 53.3 Å².